The largest absolute Gasteiger partial charge is 0.308 e. The van der Waals surface area contributed by atoms with Crippen LogP contribution in [0, 0.1) is 0 Å². The lowest BCUT2D eigenvalue weighted by atomic mass is 9.84. The molecular weight excluding hydrogens is 897 g/mol. The third-order valence-electron chi connectivity index (χ3n) is 16.1. The number of rotatable bonds is 6. The highest BCUT2D eigenvalue weighted by atomic mass is 15.2. The summed E-state index contributed by atoms with van der Waals surface area (Å²) in [5.41, 5.74) is 16.6. The Morgan fingerprint density at radius 2 is 0.581 bits per heavy atom. The van der Waals surface area contributed by atoms with Gasteiger partial charge in [0.15, 0.2) is 0 Å². The molecule has 4 heterocycles. The number of para-hydroxylation sites is 4. The minimum absolute atomic E-state index is 0.122. The zero-order valence-corrected chi connectivity index (χ0v) is 42.6. The average molecular weight is 951 g/mol. The molecule has 0 saturated heterocycles. The molecule has 0 aliphatic rings. The monoisotopic (exact) mass is 950 g/mol. The lowest BCUT2D eigenvalue weighted by Crippen LogP contribution is -2.11. The number of hydrogen-bond acceptors (Lipinski definition) is 2. The Labute approximate surface area is 430 Å². The third-order valence-corrected chi connectivity index (χ3v) is 16.1. The highest BCUT2D eigenvalue weighted by Crippen LogP contribution is 2.54. The summed E-state index contributed by atoms with van der Waals surface area (Å²) in [5.74, 6) is 0. The van der Waals surface area contributed by atoms with Gasteiger partial charge in [-0.05, 0) is 141 Å². The Balaban J connectivity index is 1.18. The van der Waals surface area contributed by atoms with Crippen LogP contribution in [-0.2, 0) is 10.8 Å². The Bertz CT molecular complexity index is 4330. The van der Waals surface area contributed by atoms with Crippen molar-refractivity contribution in [3.8, 4) is 0 Å². The number of hydrogen-bond donors (Lipinski definition) is 0. The van der Waals surface area contributed by atoms with E-state index >= 15 is 0 Å². The number of anilines is 6. The van der Waals surface area contributed by atoms with Crippen molar-refractivity contribution >= 4 is 132 Å². The fourth-order valence-corrected chi connectivity index (χ4v) is 12.7. The highest BCUT2D eigenvalue weighted by molar-refractivity contribution is 6.39. The van der Waals surface area contributed by atoms with Crippen molar-refractivity contribution in [1.82, 2.24) is 8.80 Å². The van der Waals surface area contributed by atoms with Crippen molar-refractivity contribution < 1.29 is 0 Å². The molecule has 4 nitrogen and oxygen atoms in total. The van der Waals surface area contributed by atoms with Crippen LogP contribution in [0.2, 0.25) is 0 Å². The maximum absolute atomic E-state index is 2.64. The van der Waals surface area contributed by atoms with Crippen molar-refractivity contribution in [2.24, 2.45) is 0 Å². The van der Waals surface area contributed by atoms with E-state index in [2.05, 4.69) is 279 Å². The maximum atomic E-state index is 2.64. The molecule has 0 aliphatic carbocycles. The van der Waals surface area contributed by atoms with Crippen LogP contribution >= 0.6 is 0 Å². The lowest BCUT2D eigenvalue weighted by Gasteiger charge is -2.27. The third kappa shape index (κ3) is 5.97. The predicted molar refractivity (Wildman–Crippen MR) is 318 cm³/mol. The van der Waals surface area contributed by atoms with Gasteiger partial charge in [-0.15, -0.1) is 0 Å². The van der Waals surface area contributed by atoms with Gasteiger partial charge in [0.2, 0.25) is 0 Å². The SMILES string of the molecule is CC(C)(C)c1cc2c3c4c5cc(C(C)(C)C)cc6c7c8ccccc8cc(N(c8ccccc8)c8ccccc8)c7n(c4ccc3n3c4c(N(c7ccccc7)c7ccccc7)cc7ccccc7c4c(c1)c23)c56. The van der Waals surface area contributed by atoms with E-state index in [0.29, 0.717) is 0 Å². The van der Waals surface area contributed by atoms with E-state index in [0.717, 1.165) is 34.1 Å². The van der Waals surface area contributed by atoms with Gasteiger partial charge in [-0.2, -0.15) is 0 Å². The van der Waals surface area contributed by atoms with E-state index in [1.54, 1.807) is 0 Å². The zero-order chi connectivity index (χ0) is 49.8. The predicted octanol–water partition coefficient (Wildman–Crippen LogP) is 19.8. The van der Waals surface area contributed by atoms with Crippen LogP contribution in [-0.4, -0.2) is 8.80 Å². The second-order valence-corrected chi connectivity index (χ2v) is 22.6. The molecule has 4 heteroatoms. The van der Waals surface area contributed by atoms with Crippen molar-refractivity contribution in [2.75, 3.05) is 9.80 Å². The Morgan fingerprint density at radius 1 is 0.284 bits per heavy atom. The second kappa shape index (κ2) is 15.3. The molecule has 0 N–H and O–H groups in total. The van der Waals surface area contributed by atoms with E-state index in [1.807, 2.05) is 0 Å². The van der Waals surface area contributed by atoms with E-state index in [4.69, 9.17) is 0 Å². The molecular formula is C70H54N4. The van der Waals surface area contributed by atoms with Crippen LogP contribution in [0.4, 0.5) is 34.1 Å². The number of fused-ring (bicyclic) bond motifs is 17. The fourth-order valence-electron chi connectivity index (χ4n) is 12.7. The maximum Gasteiger partial charge on any atom is 0.0789 e. The van der Waals surface area contributed by atoms with Crippen molar-refractivity contribution in [1.29, 1.82) is 0 Å². The summed E-state index contributed by atoms with van der Waals surface area (Å²) in [4.78, 5) is 4.94. The van der Waals surface area contributed by atoms with Gasteiger partial charge in [-0.1, -0.05) is 163 Å². The molecule has 15 aromatic rings. The van der Waals surface area contributed by atoms with Crippen molar-refractivity contribution in [3.63, 3.8) is 0 Å². The first-order chi connectivity index (χ1) is 36.0. The molecule has 0 saturated carbocycles. The summed E-state index contributed by atoms with van der Waals surface area (Å²) in [6.45, 7) is 14.2. The molecule has 0 fully saturated rings. The van der Waals surface area contributed by atoms with Crippen LogP contribution in [0.25, 0.3) is 97.7 Å². The molecule has 0 atom stereocenters. The minimum Gasteiger partial charge on any atom is -0.308 e. The molecule has 0 spiro atoms. The molecule has 4 aromatic heterocycles. The molecule has 0 amide bonds. The van der Waals surface area contributed by atoms with Crippen LogP contribution < -0.4 is 9.80 Å². The van der Waals surface area contributed by atoms with Gasteiger partial charge < -0.3 is 18.6 Å². The first-order valence-corrected chi connectivity index (χ1v) is 26.1. The van der Waals surface area contributed by atoms with Gasteiger partial charge in [-0.3, -0.25) is 0 Å². The second-order valence-electron chi connectivity index (χ2n) is 22.6. The average Bonchev–Trinajstić information content (AvgIpc) is 4.16. The molecule has 0 aliphatic heterocycles. The zero-order valence-electron chi connectivity index (χ0n) is 42.6. The Hall–Kier alpha value is -8.86. The van der Waals surface area contributed by atoms with E-state index in [9.17, 15) is 0 Å². The molecule has 15 rings (SSSR count). The fraction of sp³-hybridized carbons (Fsp3) is 0.114. The molecule has 0 unspecified atom stereocenters. The molecule has 0 bridgehead atoms. The quantitative estimate of drug-likeness (QED) is 0.165. The Kier molecular flexibility index (Phi) is 8.87. The van der Waals surface area contributed by atoms with E-state index < -0.39 is 0 Å². The molecule has 0 radical (unpaired) electrons. The molecule has 354 valence electrons. The summed E-state index contributed by atoms with van der Waals surface area (Å²) < 4.78 is 5.29. The Morgan fingerprint density at radius 3 is 0.905 bits per heavy atom. The first kappa shape index (κ1) is 42.8. The first-order valence-electron chi connectivity index (χ1n) is 26.1. The summed E-state index contributed by atoms with van der Waals surface area (Å²) in [7, 11) is 0. The van der Waals surface area contributed by atoms with Crippen LogP contribution in [0.1, 0.15) is 52.7 Å². The van der Waals surface area contributed by atoms with Gasteiger partial charge in [0.1, 0.15) is 0 Å². The molecule has 74 heavy (non-hydrogen) atoms. The number of aromatic nitrogens is 2. The van der Waals surface area contributed by atoms with Gasteiger partial charge in [0.05, 0.1) is 44.5 Å². The smallest absolute Gasteiger partial charge is 0.0789 e. The van der Waals surface area contributed by atoms with Gasteiger partial charge in [0, 0.05) is 65.8 Å². The van der Waals surface area contributed by atoms with E-state index in [1.165, 1.54) is 109 Å². The standard InChI is InChI=1S/C70H54N4/c1-69(2,3)45-39-53-61-51-33-21-19-23-43(51)37-59(71(47-25-11-7-12-26-47)48-27-13-8-14-28-48)67(61)73-57-35-36-58-64(63(57)55(41-45)65(53)73)56-42-46(70(4,5)6)40-54-62-52-34-22-20-24-44(52)38-60(68(62)74(58)66(54)56)72(49-29-15-9-16-30-49)50-31-17-10-18-32-50/h7-42H,1-6H3. The van der Waals surface area contributed by atoms with Gasteiger partial charge >= 0.3 is 0 Å². The summed E-state index contributed by atoms with van der Waals surface area (Å²) in [6, 6.07) is 81.5. The van der Waals surface area contributed by atoms with Crippen LogP contribution in [0.15, 0.2) is 218 Å². The van der Waals surface area contributed by atoms with Crippen LogP contribution in [0.5, 0.6) is 0 Å². The summed E-state index contributed by atoms with van der Waals surface area (Å²) in [5, 5.41) is 15.3. The minimum atomic E-state index is -0.122. The van der Waals surface area contributed by atoms with Gasteiger partial charge in [-0.25, -0.2) is 0 Å². The lowest BCUT2D eigenvalue weighted by molar-refractivity contribution is 0.591. The number of nitrogens with zero attached hydrogens (tertiary/aromatic N) is 4. The topological polar surface area (TPSA) is 15.3 Å². The van der Waals surface area contributed by atoms with Crippen molar-refractivity contribution in [2.45, 2.75) is 52.4 Å². The van der Waals surface area contributed by atoms with Crippen LogP contribution in [0.3, 0.4) is 0 Å². The van der Waals surface area contributed by atoms with Gasteiger partial charge in [0.25, 0.3) is 0 Å². The van der Waals surface area contributed by atoms with Crippen molar-refractivity contribution in [3.05, 3.63) is 230 Å². The number of benzene rings is 11. The normalized spacial score (nSPS) is 12.7. The summed E-state index contributed by atoms with van der Waals surface area (Å²) in [6.07, 6.45) is 0. The van der Waals surface area contributed by atoms with E-state index in [-0.39, 0.29) is 10.8 Å². The summed E-state index contributed by atoms with van der Waals surface area (Å²) >= 11 is 0. The highest BCUT2D eigenvalue weighted by Gasteiger charge is 2.32. The molecule has 11 aromatic carbocycles.